The van der Waals surface area contributed by atoms with Gasteiger partial charge in [0.25, 0.3) is 15.9 Å². The summed E-state index contributed by atoms with van der Waals surface area (Å²) < 4.78 is 37.7. The van der Waals surface area contributed by atoms with Gasteiger partial charge in [0, 0.05) is 33.2 Å². The zero-order valence-corrected chi connectivity index (χ0v) is 18.6. The Morgan fingerprint density at radius 3 is 2.42 bits per heavy atom. The largest absolute Gasteiger partial charge is 0.485 e. The molecule has 1 saturated heterocycles. The third-order valence-electron chi connectivity index (χ3n) is 5.25. The van der Waals surface area contributed by atoms with Gasteiger partial charge in [0.1, 0.15) is 10.8 Å². The molecule has 0 spiro atoms. The fourth-order valence-electron chi connectivity index (χ4n) is 3.46. The molecular weight excluding hydrogens is 442 g/mol. The SMILES string of the molecule is CN(CC(=O)N1CCN(C(=O)[C@H]2COc3ccccc3O2)CC1)S(=O)(=O)c1cccs1. The van der Waals surface area contributed by atoms with Gasteiger partial charge in [-0.3, -0.25) is 9.59 Å². The lowest BCUT2D eigenvalue weighted by molar-refractivity contribution is -0.146. The lowest BCUT2D eigenvalue weighted by Crippen LogP contribution is -2.56. The Balaban J connectivity index is 1.29. The van der Waals surface area contributed by atoms with E-state index in [0.717, 1.165) is 15.6 Å². The Morgan fingerprint density at radius 1 is 1.06 bits per heavy atom. The van der Waals surface area contributed by atoms with Crippen molar-refractivity contribution in [1.82, 2.24) is 14.1 Å². The third kappa shape index (κ3) is 4.53. The second-order valence-corrected chi connectivity index (χ2v) is 10.5. The number of hydrogen-bond acceptors (Lipinski definition) is 7. The molecule has 31 heavy (non-hydrogen) atoms. The Hall–Kier alpha value is -2.63. The molecule has 2 aliphatic rings. The molecule has 0 bridgehead atoms. The molecule has 0 aliphatic carbocycles. The van der Waals surface area contributed by atoms with Gasteiger partial charge in [-0.15, -0.1) is 11.3 Å². The van der Waals surface area contributed by atoms with Gasteiger partial charge in [-0.05, 0) is 23.6 Å². The maximum atomic E-state index is 12.8. The number of para-hydroxylation sites is 2. The highest BCUT2D eigenvalue weighted by atomic mass is 32.2. The molecule has 1 atom stereocenters. The first-order valence-electron chi connectivity index (χ1n) is 9.81. The summed E-state index contributed by atoms with van der Waals surface area (Å²) in [5, 5.41) is 1.68. The van der Waals surface area contributed by atoms with E-state index < -0.39 is 16.1 Å². The van der Waals surface area contributed by atoms with E-state index in [9.17, 15) is 18.0 Å². The molecule has 1 aromatic carbocycles. The topological polar surface area (TPSA) is 96.5 Å². The van der Waals surface area contributed by atoms with E-state index >= 15 is 0 Å². The van der Waals surface area contributed by atoms with Gasteiger partial charge in [0.05, 0.1) is 6.54 Å². The van der Waals surface area contributed by atoms with E-state index in [-0.39, 0.29) is 29.2 Å². The van der Waals surface area contributed by atoms with E-state index in [1.54, 1.807) is 33.4 Å². The minimum atomic E-state index is -3.68. The van der Waals surface area contributed by atoms with Crippen molar-refractivity contribution in [2.45, 2.75) is 10.3 Å². The lowest BCUT2D eigenvalue weighted by Gasteiger charge is -2.37. The van der Waals surface area contributed by atoms with Crippen LogP contribution in [-0.2, 0) is 19.6 Å². The number of carbonyl (C=O) groups excluding carboxylic acids is 2. The number of thiophene rings is 1. The molecule has 4 rings (SSSR count). The average molecular weight is 466 g/mol. The maximum Gasteiger partial charge on any atom is 0.267 e. The van der Waals surface area contributed by atoms with Crippen LogP contribution in [0.15, 0.2) is 46.0 Å². The van der Waals surface area contributed by atoms with Crippen LogP contribution in [-0.4, -0.2) is 86.8 Å². The molecule has 0 N–H and O–H groups in total. The van der Waals surface area contributed by atoms with E-state index in [1.807, 2.05) is 12.1 Å². The standard InChI is InChI=1S/C20H23N3O6S2/c1-21(31(26,27)19-7-4-12-30-19)13-18(24)22-8-10-23(11-9-22)20(25)17-14-28-15-5-2-3-6-16(15)29-17/h2-7,12,17H,8-11,13-14H2,1H3/t17-/m1/s1. The molecule has 2 amide bonds. The number of sulfonamides is 1. The minimum Gasteiger partial charge on any atom is -0.485 e. The van der Waals surface area contributed by atoms with Crippen LogP contribution in [0.4, 0.5) is 0 Å². The zero-order chi connectivity index (χ0) is 22.0. The Labute approximate surface area is 184 Å². The molecule has 1 fully saturated rings. The first-order valence-corrected chi connectivity index (χ1v) is 12.1. The van der Waals surface area contributed by atoms with E-state index in [1.165, 1.54) is 13.1 Å². The smallest absolute Gasteiger partial charge is 0.267 e. The molecule has 2 aromatic rings. The summed E-state index contributed by atoms with van der Waals surface area (Å²) in [6.07, 6.45) is -0.723. The van der Waals surface area contributed by atoms with E-state index in [4.69, 9.17) is 9.47 Å². The Bertz CT molecular complexity index is 1050. The summed E-state index contributed by atoms with van der Waals surface area (Å²) in [6, 6.07) is 10.4. The summed E-state index contributed by atoms with van der Waals surface area (Å²) >= 11 is 1.11. The molecule has 1 aromatic heterocycles. The van der Waals surface area contributed by atoms with Gasteiger partial charge >= 0.3 is 0 Å². The highest BCUT2D eigenvalue weighted by Gasteiger charge is 2.34. The molecule has 166 valence electrons. The number of carbonyl (C=O) groups is 2. The molecule has 0 radical (unpaired) electrons. The number of rotatable bonds is 5. The van der Waals surface area contributed by atoms with Crippen molar-refractivity contribution >= 4 is 33.2 Å². The number of hydrogen-bond donors (Lipinski definition) is 0. The number of piperazine rings is 1. The van der Waals surface area contributed by atoms with Crippen LogP contribution in [0.3, 0.4) is 0 Å². The van der Waals surface area contributed by atoms with Crippen LogP contribution in [0.2, 0.25) is 0 Å². The molecule has 9 nitrogen and oxygen atoms in total. The van der Waals surface area contributed by atoms with Crippen molar-refractivity contribution in [2.24, 2.45) is 0 Å². The van der Waals surface area contributed by atoms with Gasteiger partial charge in [0.15, 0.2) is 11.5 Å². The second kappa shape index (κ2) is 8.85. The van der Waals surface area contributed by atoms with Crippen LogP contribution in [0.1, 0.15) is 0 Å². The van der Waals surface area contributed by atoms with Gasteiger partial charge in [-0.1, -0.05) is 18.2 Å². The molecule has 2 aliphatic heterocycles. The summed E-state index contributed by atoms with van der Waals surface area (Å²) in [6.45, 7) is 1.27. The van der Waals surface area contributed by atoms with Gasteiger partial charge in [-0.25, -0.2) is 8.42 Å². The molecule has 11 heteroatoms. The van der Waals surface area contributed by atoms with Crippen molar-refractivity contribution in [1.29, 1.82) is 0 Å². The van der Waals surface area contributed by atoms with Gasteiger partial charge in [0.2, 0.25) is 12.0 Å². The number of nitrogens with zero attached hydrogens (tertiary/aromatic N) is 3. The average Bonchev–Trinajstić information content (AvgIpc) is 3.34. The third-order valence-corrected chi connectivity index (χ3v) is 8.42. The van der Waals surface area contributed by atoms with Crippen LogP contribution in [0, 0.1) is 0 Å². The zero-order valence-electron chi connectivity index (χ0n) is 17.0. The van der Waals surface area contributed by atoms with Crippen molar-refractivity contribution in [3.63, 3.8) is 0 Å². The number of amides is 2. The summed E-state index contributed by atoms with van der Waals surface area (Å²) in [5.41, 5.74) is 0. The lowest BCUT2D eigenvalue weighted by atomic mass is 10.2. The van der Waals surface area contributed by atoms with Crippen LogP contribution < -0.4 is 9.47 Å². The van der Waals surface area contributed by atoms with Gasteiger partial charge in [-0.2, -0.15) is 4.31 Å². The molecule has 0 unspecified atom stereocenters. The number of fused-ring (bicyclic) bond motifs is 1. The predicted molar refractivity (Wildman–Crippen MR) is 114 cm³/mol. The minimum absolute atomic E-state index is 0.139. The number of benzene rings is 1. The van der Waals surface area contributed by atoms with Crippen molar-refractivity contribution in [3.8, 4) is 11.5 Å². The van der Waals surface area contributed by atoms with Crippen LogP contribution >= 0.6 is 11.3 Å². The fourth-order valence-corrected chi connectivity index (χ4v) is 5.78. The summed E-state index contributed by atoms with van der Waals surface area (Å²) in [5.74, 6) is 0.680. The van der Waals surface area contributed by atoms with Crippen LogP contribution in [0.25, 0.3) is 0 Å². The Morgan fingerprint density at radius 2 is 1.74 bits per heavy atom. The summed E-state index contributed by atoms with van der Waals surface area (Å²) in [4.78, 5) is 28.7. The van der Waals surface area contributed by atoms with Crippen LogP contribution in [0.5, 0.6) is 11.5 Å². The highest BCUT2D eigenvalue weighted by molar-refractivity contribution is 7.91. The molecule has 0 saturated carbocycles. The highest BCUT2D eigenvalue weighted by Crippen LogP contribution is 2.31. The number of ether oxygens (including phenoxy) is 2. The Kier molecular flexibility index (Phi) is 6.17. The van der Waals surface area contributed by atoms with Crippen molar-refractivity contribution in [2.75, 3.05) is 46.4 Å². The first kappa shape index (κ1) is 21.6. The summed E-state index contributed by atoms with van der Waals surface area (Å²) in [7, 11) is -2.29. The molecule has 3 heterocycles. The van der Waals surface area contributed by atoms with E-state index in [2.05, 4.69) is 0 Å². The monoisotopic (exact) mass is 465 g/mol. The fraction of sp³-hybridized carbons (Fsp3) is 0.400. The van der Waals surface area contributed by atoms with Gasteiger partial charge < -0.3 is 19.3 Å². The number of likely N-dealkylation sites (N-methyl/N-ethyl adjacent to an activating group) is 1. The normalized spacial score (nSPS) is 18.8. The van der Waals surface area contributed by atoms with E-state index in [0.29, 0.717) is 37.7 Å². The maximum absolute atomic E-state index is 12.8. The first-order chi connectivity index (χ1) is 14.9. The molecular formula is C20H23N3O6S2. The van der Waals surface area contributed by atoms with Crippen molar-refractivity contribution in [3.05, 3.63) is 41.8 Å². The van der Waals surface area contributed by atoms with Crippen molar-refractivity contribution < 1.29 is 27.5 Å². The second-order valence-electron chi connectivity index (χ2n) is 7.26. The quantitative estimate of drug-likeness (QED) is 0.651. The predicted octanol–water partition coefficient (Wildman–Crippen LogP) is 0.879.